The molecule has 0 amide bonds. The second-order valence-corrected chi connectivity index (χ2v) is 9.03. The zero-order chi connectivity index (χ0) is 22.7. The number of allylic oxidation sites excluding steroid dienone is 1. The average Bonchev–Trinajstić information content (AvgIpc) is 2.78. The summed E-state index contributed by atoms with van der Waals surface area (Å²) >= 11 is 6.40. The SMILES string of the molecule is COc1cc(C2CCN(C)CC2)c(C)cc1NC1N=CC(Cl)=C(Nc2ccccc2C)N1. The molecule has 0 bridgehead atoms. The number of piperidine rings is 1. The first-order valence-corrected chi connectivity index (χ1v) is 11.5. The Hall–Kier alpha value is -2.70. The molecule has 6 nitrogen and oxygen atoms in total. The Balaban J connectivity index is 1.49. The van der Waals surface area contributed by atoms with E-state index in [1.54, 1.807) is 13.3 Å². The molecule has 170 valence electrons. The minimum Gasteiger partial charge on any atom is -0.495 e. The lowest BCUT2D eigenvalue weighted by Crippen LogP contribution is -2.39. The van der Waals surface area contributed by atoms with E-state index in [0.29, 0.717) is 16.8 Å². The van der Waals surface area contributed by atoms with Crippen molar-refractivity contribution in [2.45, 2.75) is 38.9 Å². The minimum atomic E-state index is -0.369. The molecule has 2 aliphatic heterocycles. The number of hydrogen-bond donors (Lipinski definition) is 3. The van der Waals surface area contributed by atoms with Gasteiger partial charge in [-0.05, 0) is 87.6 Å². The van der Waals surface area contributed by atoms with Crippen LogP contribution in [0.4, 0.5) is 11.4 Å². The van der Waals surface area contributed by atoms with Crippen molar-refractivity contribution in [1.82, 2.24) is 10.2 Å². The van der Waals surface area contributed by atoms with Crippen LogP contribution in [0.3, 0.4) is 0 Å². The van der Waals surface area contributed by atoms with E-state index in [1.807, 2.05) is 18.2 Å². The van der Waals surface area contributed by atoms with Gasteiger partial charge < -0.3 is 25.6 Å². The highest BCUT2D eigenvalue weighted by molar-refractivity contribution is 6.40. The van der Waals surface area contributed by atoms with Gasteiger partial charge in [0.05, 0.1) is 17.8 Å². The molecule has 0 aromatic heterocycles. The van der Waals surface area contributed by atoms with Gasteiger partial charge in [-0.2, -0.15) is 0 Å². The van der Waals surface area contributed by atoms with E-state index < -0.39 is 0 Å². The Morgan fingerprint density at radius 2 is 1.84 bits per heavy atom. The second kappa shape index (κ2) is 9.84. The first kappa shape index (κ1) is 22.5. The molecule has 1 unspecified atom stereocenters. The average molecular weight is 454 g/mol. The summed E-state index contributed by atoms with van der Waals surface area (Å²) in [5.41, 5.74) is 5.70. The van der Waals surface area contributed by atoms with Crippen molar-refractivity contribution in [3.05, 3.63) is 63.9 Å². The van der Waals surface area contributed by atoms with Crippen molar-refractivity contribution in [1.29, 1.82) is 0 Å². The van der Waals surface area contributed by atoms with Crippen LogP contribution in [-0.4, -0.2) is 44.7 Å². The van der Waals surface area contributed by atoms with Gasteiger partial charge in [0, 0.05) is 11.9 Å². The highest BCUT2D eigenvalue weighted by Gasteiger charge is 2.23. The maximum absolute atomic E-state index is 6.40. The number of likely N-dealkylation sites (tertiary alicyclic amines) is 1. The Morgan fingerprint density at radius 1 is 1.09 bits per heavy atom. The summed E-state index contributed by atoms with van der Waals surface area (Å²) in [7, 11) is 3.91. The molecule has 2 aromatic carbocycles. The van der Waals surface area contributed by atoms with Gasteiger partial charge in [0.15, 0.2) is 6.29 Å². The van der Waals surface area contributed by atoms with Crippen molar-refractivity contribution < 1.29 is 4.74 Å². The molecule has 1 fully saturated rings. The summed E-state index contributed by atoms with van der Waals surface area (Å²) in [5.74, 6) is 2.12. The summed E-state index contributed by atoms with van der Waals surface area (Å²) in [6.45, 7) is 6.51. The number of aliphatic imine (C=N–C) groups is 1. The first-order chi connectivity index (χ1) is 15.4. The summed E-state index contributed by atoms with van der Waals surface area (Å²) < 4.78 is 5.75. The third-order valence-corrected chi connectivity index (χ3v) is 6.59. The van der Waals surface area contributed by atoms with Crippen LogP contribution in [-0.2, 0) is 0 Å². The molecule has 4 rings (SSSR count). The van der Waals surface area contributed by atoms with Gasteiger partial charge in [-0.3, -0.25) is 0 Å². The van der Waals surface area contributed by atoms with Gasteiger partial charge >= 0.3 is 0 Å². The number of rotatable bonds is 6. The standard InChI is InChI=1S/C25H32ClN5O/c1-16-7-5-6-8-21(16)28-24-20(26)15-27-25(30-24)29-22-13-17(2)19(14-23(22)32-4)18-9-11-31(3)12-10-18/h5-8,13-15,18,25,28-30H,9-12H2,1-4H3. The van der Waals surface area contributed by atoms with E-state index >= 15 is 0 Å². The molecular formula is C25H32ClN5O. The van der Waals surface area contributed by atoms with E-state index in [1.165, 1.54) is 24.0 Å². The van der Waals surface area contributed by atoms with Crippen molar-refractivity contribution in [3.8, 4) is 5.75 Å². The van der Waals surface area contributed by atoms with Gasteiger partial charge in [0.25, 0.3) is 0 Å². The van der Waals surface area contributed by atoms with Crippen LogP contribution in [0, 0.1) is 13.8 Å². The third kappa shape index (κ3) is 5.03. The molecule has 1 saturated heterocycles. The fourth-order valence-corrected chi connectivity index (χ4v) is 4.51. The topological polar surface area (TPSA) is 60.9 Å². The molecule has 7 heteroatoms. The molecule has 0 spiro atoms. The van der Waals surface area contributed by atoms with E-state index in [0.717, 1.165) is 35.8 Å². The Kier molecular flexibility index (Phi) is 6.92. The fraction of sp³-hybridized carbons (Fsp3) is 0.400. The molecule has 32 heavy (non-hydrogen) atoms. The number of methoxy groups -OCH3 is 1. The largest absolute Gasteiger partial charge is 0.495 e. The van der Waals surface area contributed by atoms with Crippen LogP contribution < -0.4 is 20.7 Å². The Labute approximate surface area is 195 Å². The molecule has 2 aliphatic rings. The maximum Gasteiger partial charge on any atom is 0.195 e. The quantitative estimate of drug-likeness (QED) is 0.573. The second-order valence-electron chi connectivity index (χ2n) is 8.62. The van der Waals surface area contributed by atoms with Crippen molar-refractivity contribution >= 4 is 29.2 Å². The van der Waals surface area contributed by atoms with Crippen LogP contribution in [0.15, 0.2) is 52.2 Å². The van der Waals surface area contributed by atoms with Gasteiger partial charge in [-0.1, -0.05) is 29.8 Å². The number of nitrogens with one attached hydrogen (secondary N) is 3. The zero-order valence-corrected chi connectivity index (χ0v) is 20.0. The van der Waals surface area contributed by atoms with Gasteiger partial charge in [0.2, 0.25) is 0 Å². The number of halogens is 1. The number of hydrogen-bond acceptors (Lipinski definition) is 6. The van der Waals surface area contributed by atoms with E-state index in [4.69, 9.17) is 16.3 Å². The van der Waals surface area contributed by atoms with Crippen LogP contribution in [0.2, 0.25) is 0 Å². The van der Waals surface area contributed by atoms with Gasteiger partial charge in [-0.15, -0.1) is 0 Å². The van der Waals surface area contributed by atoms with Crippen LogP contribution in [0.5, 0.6) is 5.75 Å². The predicted octanol–water partition coefficient (Wildman–Crippen LogP) is 5.01. The number of ether oxygens (including phenoxy) is 1. The van der Waals surface area contributed by atoms with Crippen molar-refractivity contribution in [2.24, 2.45) is 4.99 Å². The molecule has 0 radical (unpaired) electrons. The highest BCUT2D eigenvalue weighted by Crippen LogP contribution is 2.36. The minimum absolute atomic E-state index is 0.369. The third-order valence-electron chi connectivity index (χ3n) is 6.30. The van der Waals surface area contributed by atoms with Crippen LogP contribution in [0.1, 0.15) is 35.4 Å². The first-order valence-electron chi connectivity index (χ1n) is 11.1. The van der Waals surface area contributed by atoms with Crippen LogP contribution in [0.25, 0.3) is 0 Å². The van der Waals surface area contributed by atoms with Crippen molar-refractivity contribution in [3.63, 3.8) is 0 Å². The zero-order valence-electron chi connectivity index (χ0n) is 19.2. The maximum atomic E-state index is 6.40. The highest BCUT2D eigenvalue weighted by atomic mass is 35.5. The summed E-state index contributed by atoms with van der Waals surface area (Å²) in [5, 5.41) is 10.7. The molecule has 2 heterocycles. The summed E-state index contributed by atoms with van der Waals surface area (Å²) in [6.07, 6.45) is 3.66. The predicted molar refractivity (Wildman–Crippen MR) is 134 cm³/mol. The molecule has 0 aliphatic carbocycles. The number of para-hydroxylation sites is 1. The Bertz CT molecular complexity index is 1030. The lowest BCUT2D eigenvalue weighted by atomic mass is 9.86. The molecule has 1 atom stereocenters. The normalized spacial score (nSPS) is 19.6. The molecule has 0 saturated carbocycles. The lowest BCUT2D eigenvalue weighted by Gasteiger charge is -2.31. The summed E-state index contributed by atoms with van der Waals surface area (Å²) in [6, 6.07) is 12.4. The smallest absolute Gasteiger partial charge is 0.195 e. The number of anilines is 2. The molecule has 2 aromatic rings. The molecule has 3 N–H and O–H groups in total. The van der Waals surface area contributed by atoms with Crippen LogP contribution >= 0.6 is 11.6 Å². The Morgan fingerprint density at radius 3 is 2.56 bits per heavy atom. The lowest BCUT2D eigenvalue weighted by molar-refractivity contribution is 0.255. The fourth-order valence-electron chi connectivity index (χ4n) is 4.36. The van der Waals surface area contributed by atoms with Gasteiger partial charge in [-0.25, -0.2) is 4.99 Å². The van der Waals surface area contributed by atoms with E-state index in [-0.39, 0.29) is 6.29 Å². The van der Waals surface area contributed by atoms with Crippen molar-refractivity contribution in [2.75, 3.05) is 37.9 Å². The number of nitrogens with zero attached hydrogens (tertiary/aromatic N) is 2. The molecular weight excluding hydrogens is 422 g/mol. The van der Waals surface area contributed by atoms with E-state index in [9.17, 15) is 0 Å². The number of benzene rings is 2. The monoisotopic (exact) mass is 453 g/mol. The summed E-state index contributed by atoms with van der Waals surface area (Å²) in [4.78, 5) is 6.90. The number of aryl methyl sites for hydroxylation is 2. The van der Waals surface area contributed by atoms with Gasteiger partial charge in [0.1, 0.15) is 11.6 Å². The van der Waals surface area contributed by atoms with E-state index in [2.05, 4.69) is 64.9 Å².